The zero-order valence-corrected chi connectivity index (χ0v) is 14.1. The van der Waals surface area contributed by atoms with Gasteiger partial charge < -0.3 is 9.80 Å². The maximum absolute atomic E-state index is 13.0. The Hall–Kier alpha value is -1.50. The Morgan fingerprint density at radius 2 is 1.52 bits per heavy atom. The normalized spacial score (nSPS) is 18.3. The van der Waals surface area contributed by atoms with E-state index in [0.29, 0.717) is 6.54 Å². The summed E-state index contributed by atoms with van der Waals surface area (Å²) in [5, 5.41) is 0. The van der Waals surface area contributed by atoms with Gasteiger partial charge in [0.25, 0.3) is 0 Å². The topological polar surface area (TPSA) is 7.68 Å². The average Bonchev–Trinajstić information content (AvgIpc) is 2.55. The first-order valence-electron chi connectivity index (χ1n) is 7.34. The number of nitrogens with one attached hydrogen (secondary N) is 1. The van der Waals surface area contributed by atoms with Gasteiger partial charge in [0.15, 0.2) is 6.67 Å². The molecular weight excluding hydrogens is 334 g/mol. The number of hydrogen-bond acceptors (Lipinski definition) is 2. The Morgan fingerprint density at radius 1 is 0.957 bits per heavy atom. The minimum Gasteiger partial charge on any atom is -0.306 e. The lowest BCUT2D eigenvalue weighted by atomic mass is 10.2. The summed E-state index contributed by atoms with van der Waals surface area (Å²) < 4.78 is 26.9. The fourth-order valence-electron chi connectivity index (χ4n) is 2.56. The van der Waals surface area contributed by atoms with Crippen LogP contribution in [0.2, 0.25) is 0 Å². The second-order valence-electron chi connectivity index (χ2n) is 5.59. The van der Waals surface area contributed by atoms with Crippen molar-refractivity contribution in [2.24, 2.45) is 0 Å². The molecule has 1 unspecified atom stereocenters. The molecule has 1 heterocycles. The first-order chi connectivity index (χ1) is 11.1. The van der Waals surface area contributed by atoms with E-state index in [9.17, 15) is 8.78 Å². The lowest BCUT2D eigenvalue weighted by Crippen LogP contribution is -3.13. The van der Waals surface area contributed by atoms with Crippen LogP contribution < -0.4 is 4.90 Å². The number of thioether (sulfide) groups is 1. The van der Waals surface area contributed by atoms with Crippen molar-refractivity contribution in [2.75, 3.05) is 12.5 Å². The number of hydrogen-bond donors (Lipinski definition) is 1. The van der Waals surface area contributed by atoms with E-state index < -0.39 is 0 Å². The van der Waals surface area contributed by atoms with Gasteiger partial charge in [-0.3, -0.25) is 0 Å². The highest BCUT2D eigenvalue weighted by Crippen LogP contribution is 2.14. The van der Waals surface area contributed by atoms with Gasteiger partial charge in [-0.25, -0.2) is 8.78 Å². The summed E-state index contributed by atoms with van der Waals surface area (Å²) in [5.41, 5.74) is 2.15. The predicted molar refractivity (Wildman–Crippen MR) is 92.9 cm³/mol. The molecule has 0 amide bonds. The summed E-state index contributed by atoms with van der Waals surface area (Å²) in [7, 11) is 0. The van der Waals surface area contributed by atoms with Gasteiger partial charge in [-0.15, -0.1) is 0 Å². The Labute approximate surface area is 144 Å². The van der Waals surface area contributed by atoms with Gasteiger partial charge in [-0.05, 0) is 41.6 Å². The van der Waals surface area contributed by atoms with Crippen LogP contribution in [0.3, 0.4) is 0 Å². The summed E-state index contributed by atoms with van der Waals surface area (Å²) in [5.74, 6) is 0.458. The molecule has 1 saturated heterocycles. The Kier molecular flexibility index (Phi) is 5.25. The average molecular weight is 351 g/mol. The molecular formula is C17H17F2N2S2+. The Bertz CT molecular complexity index is 674. The van der Waals surface area contributed by atoms with Crippen molar-refractivity contribution >= 4 is 28.3 Å². The third-order valence-corrected chi connectivity index (χ3v) is 5.40. The van der Waals surface area contributed by atoms with E-state index in [1.807, 2.05) is 12.1 Å². The Morgan fingerprint density at radius 3 is 2.13 bits per heavy atom. The lowest BCUT2D eigenvalue weighted by Gasteiger charge is -2.34. The van der Waals surface area contributed by atoms with Crippen molar-refractivity contribution < 1.29 is 13.7 Å². The van der Waals surface area contributed by atoms with Gasteiger partial charge in [0.1, 0.15) is 28.4 Å². The first kappa shape index (κ1) is 16.4. The summed E-state index contributed by atoms with van der Waals surface area (Å²) >= 11 is 7.09. The molecule has 23 heavy (non-hydrogen) atoms. The van der Waals surface area contributed by atoms with Crippen molar-refractivity contribution in [3.63, 3.8) is 0 Å². The lowest BCUT2D eigenvalue weighted by molar-refractivity contribution is -0.911. The fourth-order valence-corrected chi connectivity index (χ4v) is 3.70. The highest BCUT2D eigenvalue weighted by molar-refractivity contribution is 8.22. The molecule has 2 aromatic rings. The molecule has 0 spiro atoms. The van der Waals surface area contributed by atoms with Crippen LogP contribution in [-0.2, 0) is 13.1 Å². The van der Waals surface area contributed by atoms with Crippen molar-refractivity contribution in [1.82, 2.24) is 4.90 Å². The molecule has 0 aromatic heterocycles. The molecule has 0 bridgehead atoms. The second kappa shape index (κ2) is 7.38. The van der Waals surface area contributed by atoms with Crippen molar-refractivity contribution in [2.45, 2.75) is 13.1 Å². The zero-order chi connectivity index (χ0) is 16.2. The number of rotatable bonds is 4. The molecule has 0 aliphatic carbocycles. The van der Waals surface area contributed by atoms with Gasteiger partial charge >= 0.3 is 0 Å². The summed E-state index contributed by atoms with van der Waals surface area (Å²) in [6, 6.07) is 13.2. The van der Waals surface area contributed by atoms with Gasteiger partial charge in [-0.2, -0.15) is 0 Å². The van der Waals surface area contributed by atoms with Crippen LogP contribution in [0.25, 0.3) is 0 Å². The van der Waals surface area contributed by atoms with Gasteiger partial charge in [0.2, 0.25) is 0 Å². The maximum atomic E-state index is 13.0. The zero-order valence-electron chi connectivity index (χ0n) is 12.5. The number of thiocarbonyl (C=S) groups is 1. The smallest absolute Gasteiger partial charge is 0.155 e. The minimum atomic E-state index is -0.229. The number of nitrogens with zero attached hydrogens (tertiary/aromatic N) is 1. The first-order valence-corrected chi connectivity index (χ1v) is 8.74. The summed E-state index contributed by atoms with van der Waals surface area (Å²) in [6.45, 7) is 2.30. The van der Waals surface area contributed by atoms with Crippen LogP contribution in [0.4, 0.5) is 8.78 Å². The molecule has 0 saturated carbocycles. The van der Waals surface area contributed by atoms with Crippen molar-refractivity contribution in [3.05, 3.63) is 71.3 Å². The molecule has 6 heteroatoms. The van der Waals surface area contributed by atoms with Gasteiger partial charge in [0, 0.05) is 12.1 Å². The monoisotopic (exact) mass is 351 g/mol. The predicted octanol–water partition coefficient (Wildman–Crippen LogP) is 2.80. The molecule has 120 valence electrons. The molecule has 3 rings (SSSR count). The molecule has 1 aliphatic rings. The standard InChI is InChI=1S/C17H16F2N2S2/c18-15-5-1-13(2-6-15)9-20-11-21(17(22)23-12-20)10-14-3-7-16(19)8-4-14/h1-8H,9-12H2/p+1. The quantitative estimate of drug-likeness (QED) is 0.848. The Balaban J connectivity index is 1.63. The van der Waals surface area contributed by atoms with Crippen LogP contribution in [0, 0.1) is 11.6 Å². The molecule has 1 N–H and O–H groups in total. The van der Waals surface area contributed by atoms with E-state index in [1.165, 1.54) is 29.2 Å². The van der Waals surface area contributed by atoms with Crippen LogP contribution >= 0.6 is 24.0 Å². The van der Waals surface area contributed by atoms with Crippen LogP contribution in [0.15, 0.2) is 48.5 Å². The highest BCUT2D eigenvalue weighted by Gasteiger charge is 2.24. The SMILES string of the molecule is Fc1ccc(CN2C[NH+](Cc3ccc(F)cc3)CSC2=S)cc1. The van der Waals surface area contributed by atoms with Crippen LogP contribution in [0.1, 0.15) is 11.1 Å². The van der Waals surface area contributed by atoms with E-state index >= 15 is 0 Å². The third-order valence-electron chi connectivity index (χ3n) is 3.73. The van der Waals surface area contributed by atoms with Crippen LogP contribution in [0.5, 0.6) is 0 Å². The molecule has 2 aromatic carbocycles. The van der Waals surface area contributed by atoms with Crippen LogP contribution in [-0.4, -0.2) is 21.8 Å². The third kappa shape index (κ3) is 4.50. The number of halogens is 2. The molecule has 1 aliphatic heterocycles. The molecule has 1 fully saturated rings. The molecule has 2 nitrogen and oxygen atoms in total. The summed E-state index contributed by atoms with van der Waals surface area (Å²) in [4.78, 5) is 3.49. The van der Waals surface area contributed by atoms with E-state index in [0.717, 1.165) is 34.5 Å². The molecule has 1 atom stereocenters. The number of quaternary nitrogens is 1. The molecule has 0 radical (unpaired) electrons. The summed E-state index contributed by atoms with van der Waals surface area (Å²) in [6.07, 6.45) is 0. The second-order valence-corrected chi connectivity index (χ2v) is 7.20. The van der Waals surface area contributed by atoms with E-state index in [4.69, 9.17) is 12.2 Å². The van der Waals surface area contributed by atoms with Crippen molar-refractivity contribution in [3.8, 4) is 0 Å². The largest absolute Gasteiger partial charge is 0.306 e. The van der Waals surface area contributed by atoms with Gasteiger partial charge in [-0.1, -0.05) is 36.5 Å². The van der Waals surface area contributed by atoms with E-state index in [-0.39, 0.29) is 11.6 Å². The maximum Gasteiger partial charge on any atom is 0.155 e. The number of benzene rings is 2. The van der Waals surface area contributed by atoms with E-state index in [2.05, 4.69) is 4.90 Å². The van der Waals surface area contributed by atoms with E-state index in [1.54, 1.807) is 23.9 Å². The fraction of sp³-hybridized carbons (Fsp3) is 0.235. The highest BCUT2D eigenvalue weighted by atomic mass is 32.2. The van der Waals surface area contributed by atoms with Gasteiger partial charge in [0.05, 0.1) is 0 Å². The van der Waals surface area contributed by atoms with Crippen molar-refractivity contribution in [1.29, 1.82) is 0 Å². The minimum absolute atomic E-state index is 0.212.